The third-order valence-electron chi connectivity index (χ3n) is 2.92. The molecule has 0 aliphatic rings. The highest BCUT2D eigenvalue weighted by atomic mass is 32.1. The normalized spacial score (nSPS) is 10.7. The van der Waals surface area contributed by atoms with Gasteiger partial charge in [-0.3, -0.25) is 0 Å². The van der Waals surface area contributed by atoms with Gasteiger partial charge in [0.2, 0.25) is 0 Å². The number of nitrogens with one attached hydrogen (secondary N) is 1. The van der Waals surface area contributed by atoms with Gasteiger partial charge in [-0.25, -0.2) is 4.68 Å². The SMILES string of the molecule is CCCNc1nsnc1-c1ccnn1-c1ccccc1. The van der Waals surface area contributed by atoms with Crippen LogP contribution in [0.25, 0.3) is 17.1 Å². The molecular formula is C14H15N5S. The molecular weight excluding hydrogens is 270 g/mol. The molecule has 0 unspecified atom stereocenters. The summed E-state index contributed by atoms with van der Waals surface area (Å²) in [6.45, 7) is 3.01. The van der Waals surface area contributed by atoms with Crippen molar-refractivity contribution in [1.82, 2.24) is 18.5 Å². The van der Waals surface area contributed by atoms with Crippen LogP contribution in [0.4, 0.5) is 5.82 Å². The van der Waals surface area contributed by atoms with Crippen LogP contribution in [0.15, 0.2) is 42.6 Å². The lowest BCUT2D eigenvalue weighted by atomic mass is 10.2. The first-order valence-corrected chi connectivity index (χ1v) is 7.29. The van der Waals surface area contributed by atoms with Crippen LogP contribution < -0.4 is 5.32 Å². The second kappa shape index (κ2) is 5.83. The van der Waals surface area contributed by atoms with Crippen molar-refractivity contribution in [2.24, 2.45) is 0 Å². The van der Waals surface area contributed by atoms with Crippen LogP contribution in [-0.4, -0.2) is 25.1 Å². The molecule has 2 heterocycles. The van der Waals surface area contributed by atoms with Crippen LogP contribution in [0.3, 0.4) is 0 Å². The van der Waals surface area contributed by atoms with Gasteiger partial charge in [-0.2, -0.15) is 13.8 Å². The van der Waals surface area contributed by atoms with E-state index in [4.69, 9.17) is 0 Å². The number of benzene rings is 1. The fourth-order valence-electron chi connectivity index (χ4n) is 1.97. The average Bonchev–Trinajstić information content (AvgIpc) is 3.14. The molecule has 1 aromatic carbocycles. The van der Waals surface area contributed by atoms with Crippen molar-refractivity contribution in [3.8, 4) is 17.1 Å². The van der Waals surface area contributed by atoms with Crippen LogP contribution in [0, 0.1) is 0 Å². The van der Waals surface area contributed by atoms with Crippen molar-refractivity contribution in [3.05, 3.63) is 42.6 Å². The summed E-state index contributed by atoms with van der Waals surface area (Å²) in [6, 6.07) is 12.0. The molecule has 102 valence electrons. The molecule has 0 saturated carbocycles. The molecule has 6 heteroatoms. The van der Waals surface area contributed by atoms with Crippen molar-refractivity contribution in [2.45, 2.75) is 13.3 Å². The fourth-order valence-corrected chi connectivity index (χ4v) is 2.51. The zero-order valence-electron chi connectivity index (χ0n) is 11.2. The maximum atomic E-state index is 4.40. The number of nitrogens with zero attached hydrogens (tertiary/aromatic N) is 4. The topological polar surface area (TPSA) is 55.6 Å². The quantitative estimate of drug-likeness (QED) is 0.782. The first kappa shape index (κ1) is 12.8. The minimum atomic E-state index is 0.828. The lowest BCUT2D eigenvalue weighted by molar-refractivity contribution is 0.885. The van der Waals surface area contributed by atoms with Gasteiger partial charge in [0.1, 0.15) is 5.69 Å². The van der Waals surface area contributed by atoms with Crippen molar-refractivity contribution in [1.29, 1.82) is 0 Å². The summed E-state index contributed by atoms with van der Waals surface area (Å²) in [7, 11) is 0. The first-order valence-electron chi connectivity index (χ1n) is 6.56. The van der Waals surface area contributed by atoms with E-state index in [0.29, 0.717) is 0 Å². The van der Waals surface area contributed by atoms with Crippen LogP contribution in [-0.2, 0) is 0 Å². The molecule has 5 nitrogen and oxygen atoms in total. The Morgan fingerprint density at radius 2 is 2.00 bits per heavy atom. The standard InChI is InChI=1S/C14H15N5S/c1-2-9-15-14-13(17-20-18-14)12-8-10-16-19(12)11-6-4-3-5-7-11/h3-8,10H,2,9H2,1H3,(H,15,18). The van der Waals surface area contributed by atoms with Crippen molar-refractivity contribution >= 4 is 17.5 Å². The smallest absolute Gasteiger partial charge is 0.169 e. The number of aromatic nitrogens is 4. The molecule has 0 fully saturated rings. The monoisotopic (exact) mass is 285 g/mol. The van der Waals surface area contributed by atoms with E-state index in [0.717, 1.165) is 35.9 Å². The van der Waals surface area contributed by atoms with E-state index < -0.39 is 0 Å². The van der Waals surface area contributed by atoms with Gasteiger partial charge in [-0.05, 0) is 24.6 Å². The minimum Gasteiger partial charge on any atom is -0.367 e. The molecule has 0 aliphatic heterocycles. The minimum absolute atomic E-state index is 0.828. The molecule has 0 radical (unpaired) electrons. The zero-order chi connectivity index (χ0) is 13.8. The summed E-state index contributed by atoms with van der Waals surface area (Å²) in [5.74, 6) is 0.828. The molecule has 20 heavy (non-hydrogen) atoms. The zero-order valence-corrected chi connectivity index (χ0v) is 12.0. The molecule has 0 saturated heterocycles. The van der Waals surface area contributed by atoms with E-state index in [1.165, 1.54) is 11.7 Å². The Bertz CT molecular complexity index is 674. The fraction of sp³-hybridized carbons (Fsp3) is 0.214. The summed E-state index contributed by atoms with van der Waals surface area (Å²) in [4.78, 5) is 0. The predicted molar refractivity (Wildman–Crippen MR) is 81.2 cm³/mol. The average molecular weight is 285 g/mol. The summed E-state index contributed by atoms with van der Waals surface area (Å²) < 4.78 is 10.6. The molecule has 0 atom stereocenters. The number of hydrogen-bond donors (Lipinski definition) is 1. The molecule has 3 aromatic rings. The molecule has 2 aromatic heterocycles. The lowest BCUT2D eigenvalue weighted by Crippen LogP contribution is -2.04. The van der Waals surface area contributed by atoms with Crippen molar-refractivity contribution in [2.75, 3.05) is 11.9 Å². The van der Waals surface area contributed by atoms with E-state index in [-0.39, 0.29) is 0 Å². The largest absolute Gasteiger partial charge is 0.367 e. The van der Waals surface area contributed by atoms with Crippen LogP contribution in [0.5, 0.6) is 0 Å². The Labute approximate surface area is 121 Å². The Morgan fingerprint density at radius 1 is 1.15 bits per heavy atom. The molecule has 0 aliphatic carbocycles. The Hall–Kier alpha value is -2.21. The number of hydrogen-bond acceptors (Lipinski definition) is 5. The second-order valence-corrected chi connectivity index (χ2v) is 4.88. The number of para-hydroxylation sites is 1. The maximum absolute atomic E-state index is 4.40. The predicted octanol–water partition coefficient (Wildman–Crippen LogP) is 3.21. The Balaban J connectivity index is 2.00. The number of anilines is 1. The van der Waals surface area contributed by atoms with E-state index in [2.05, 4.69) is 26.1 Å². The van der Waals surface area contributed by atoms with Crippen molar-refractivity contribution in [3.63, 3.8) is 0 Å². The molecule has 0 amide bonds. The van der Waals surface area contributed by atoms with E-state index in [1.54, 1.807) is 6.20 Å². The van der Waals surface area contributed by atoms with E-state index in [9.17, 15) is 0 Å². The highest BCUT2D eigenvalue weighted by Crippen LogP contribution is 2.27. The molecule has 0 spiro atoms. The van der Waals surface area contributed by atoms with Crippen LogP contribution in [0.1, 0.15) is 13.3 Å². The molecule has 3 rings (SSSR count). The van der Waals surface area contributed by atoms with Gasteiger partial charge in [0.05, 0.1) is 29.3 Å². The maximum Gasteiger partial charge on any atom is 0.169 e. The highest BCUT2D eigenvalue weighted by Gasteiger charge is 2.15. The first-order chi connectivity index (χ1) is 9.90. The van der Waals surface area contributed by atoms with E-state index >= 15 is 0 Å². The third kappa shape index (κ3) is 2.42. The second-order valence-electron chi connectivity index (χ2n) is 4.35. The van der Waals surface area contributed by atoms with Gasteiger partial charge in [-0.1, -0.05) is 25.1 Å². The van der Waals surface area contributed by atoms with Crippen molar-refractivity contribution < 1.29 is 0 Å². The summed E-state index contributed by atoms with van der Waals surface area (Å²) in [5.41, 5.74) is 2.82. The molecule has 0 bridgehead atoms. The Morgan fingerprint density at radius 3 is 2.80 bits per heavy atom. The van der Waals surface area contributed by atoms with E-state index in [1.807, 2.05) is 41.1 Å². The number of rotatable bonds is 5. The van der Waals surface area contributed by atoms with Gasteiger partial charge in [-0.15, -0.1) is 0 Å². The summed E-state index contributed by atoms with van der Waals surface area (Å²) >= 11 is 1.22. The third-order valence-corrected chi connectivity index (χ3v) is 3.45. The summed E-state index contributed by atoms with van der Waals surface area (Å²) in [5, 5.41) is 7.70. The lowest BCUT2D eigenvalue weighted by Gasteiger charge is -2.07. The summed E-state index contributed by atoms with van der Waals surface area (Å²) in [6.07, 6.45) is 2.83. The Kier molecular flexibility index (Phi) is 3.73. The van der Waals surface area contributed by atoms with Gasteiger partial charge >= 0.3 is 0 Å². The van der Waals surface area contributed by atoms with Gasteiger partial charge in [0, 0.05) is 6.54 Å². The van der Waals surface area contributed by atoms with Gasteiger partial charge < -0.3 is 5.32 Å². The van der Waals surface area contributed by atoms with Crippen LogP contribution >= 0.6 is 11.7 Å². The van der Waals surface area contributed by atoms with Gasteiger partial charge in [0.25, 0.3) is 0 Å². The van der Waals surface area contributed by atoms with Crippen LogP contribution in [0.2, 0.25) is 0 Å². The van der Waals surface area contributed by atoms with Gasteiger partial charge in [0.15, 0.2) is 5.82 Å². The molecule has 1 N–H and O–H groups in total. The highest BCUT2D eigenvalue weighted by molar-refractivity contribution is 6.99.